The molecule has 0 aromatic heterocycles. The van der Waals surface area contributed by atoms with Crippen molar-refractivity contribution in [3.05, 3.63) is 33.3 Å². The number of nitrogens with zero attached hydrogens (tertiary/aromatic N) is 2. The predicted molar refractivity (Wildman–Crippen MR) is 81.8 cm³/mol. The zero-order chi connectivity index (χ0) is 14.0. The van der Waals surface area contributed by atoms with Crippen molar-refractivity contribution in [3.63, 3.8) is 0 Å². The van der Waals surface area contributed by atoms with E-state index in [0.29, 0.717) is 16.6 Å². The van der Waals surface area contributed by atoms with Crippen LogP contribution in [0.4, 0.5) is 0 Å². The maximum atomic E-state index is 12.5. The van der Waals surface area contributed by atoms with Crippen molar-refractivity contribution in [2.45, 2.75) is 18.9 Å². The zero-order valence-corrected chi connectivity index (χ0v) is 13.5. The lowest BCUT2D eigenvalue weighted by Gasteiger charge is -2.27. The second kappa shape index (κ2) is 6.25. The lowest BCUT2D eigenvalue weighted by Crippen LogP contribution is -2.41. The van der Waals surface area contributed by atoms with Crippen LogP contribution in [0.25, 0.3) is 0 Å². The largest absolute Gasteiger partial charge is 0.334 e. The maximum Gasteiger partial charge on any atom is 0.254 e. The van der Waals surface area contributed by atoms with Gasteiger partial charge in [-0.05, 0) is 61.1 Å². The fourth-order valence-electron chi connectivity index (χ4n) is 2.51. The molecule has 1 aromatic carbocycles. The third-order valence-corrected chi connectivity index (χ3v) is 4.61. The first kappa shape index (κ1) is 14.8. The highest BCUT2D eigenvalue weighted by atomic mass is 79.9. The number of hydrogen-bond donors (Lipinski definition) is 0. The molecule has 1 aliphatic rings. The molecule has 0 spiro atoms. The first-order valence-corrected chi connectivity index (χ1v) is 7.57. The summed E-state index contributed by atoms with van der Waals surface area (Å²) in [5, 5.41) is 0.578. The Hall–Kier alpha value is -0.580. The topological polar surface area (TPSA) is 23.6 Å². The number of amides is 1. The summed E-state index contributed by atoms with van der Waals surface area (Å²) in [6.07, 6.45) is 2.16. The monoisotopic (exact) mass is 344 g/mol. The summed E-state index contributed by atoms with van der Waals surface area (Å²) in [7, 11) is 4.08. The molecule has 104 valence electrons. The fraction of sp³-hybridized carbons (Fsp3) is 0.500. The van der Waals surface area contributed by atoms with Gasteiger partial charge < -0.3 is 9.80 Å². The van der Waals surface area contributed by atoms with Crippen molar-refractivity contribution in [2.75, 3.05) is 27.2 Å². The molecule has 19 heavy (non-hydrogen) atoms. The van der Waals surface area contributed by atoms with Gasteiger partial charge in [-0.1, -0.05) is 11.6 Å². The molecule has 5 heteroatoms. The Morgan fingerprint density at radius 3 is 2.89 bits per heavy atom. The highest BCUT2D eigenvalue weighted by molar-refractivity contribution is 9.10. The van der Waals surface area contributed by atoms with Crippen LogP contribution in [0.5, 0.6) is 0 Å². The van der Waals surface area contributed by atoms with Crippen molar-refractivity contribution in [2.24, 2.45) is 0 Å². The molecular formula is C14H18BrClN2O. The van der Waals surface area contributed by atoms with E-state index in [-0.39, 0.29) is 5.91 Å². The minimum atomic E-state index is 0.0822. The smallest absolute Gasteiger partial charge is 0.254 e. The summed E-state index contributed by atoms with van der Waals surface area (Å²) in [6.45, 7) is 1.75. The van der Waals surface area contributed by atoms with Crippen LogP contribution in [-0.4, -0.2) is 48.9 Å². The molecule has 1 amide bonds. The van der Waals surface area contributed by atoms with Crippen molar-refractivity contribution in [3.8, 4) is 0 Å². The molecule has 1 fully saturated rings. The van der Waals surface area contributed by atoms with Crippen molar-refractivity contribution >= 4 is 33.4 Å². The molecule has 0 bridgehead atoms. The van der Waals surface area contributed by atoms with Gasteiger partial charge in [0.05, 0.1) is 5.02 Å². The highest BCUT2D eigenvalue weighted by Crippen LogP contribution is 2.26. The van der Waals surface area contributed by atoms with Crippen LogP contribution in [0.3, 0.4) is 0 Å². The van der Waals surface area contributed by atoms with Gasteiger partial charge in [-0.3, -0.25) is 4.79 Å². The second-order valence-electron chi connectivity index (χ2n) is 5.19. The van der Waals surface area contributed by atoms with Gasteiger partial charge in [-0.25, -0.2) is 0 Å². The van der Waals surface area contributed by atoms with E-state index in [9.17, 15) is 4.79 Å². The Morgan fingerprint density at radius 1 is 1.53 bits per heavy atom. The van der Waals surface area contributed by atoms with Gasteiger partial charge in [-0.15, -0.1) is 0 Å². The standard InChI is InChI=1S/C14H18BrClN2O/c1-17(2)9-11-4-3-7-18(11)14(19)10-5-6-12(15)13(16)8-10/h5-6,8,11H,3-4,7,9H2,1-2H3. The number of rotatable bonds is 3. The maximum absolute atomic E-state index is 12.5. The molecule has 2 rings (SSSR count). The summed E-state index contributed by atoms with van der Waals surface area (Å²) >= 11 is 9.40. The highest BCUT2D eigenvalue weighted by Gasteiger charge is 2.29. The van der Waals surface area contributed by atoms with Crippen LogP contribution in [0, 0.1) is 0 Å². The van der Waals surface area contributed by atoms with E-state index in [1.54, 1.807) is 6.07 Å². The number of halogens is 2. The summed E-state index contributed by atoms with van der Waals surface area (Å²) in [6, 6.07) is 5.69. The first-order valence-electron chi connectivity index (χ1n) is 6.40. The van der Waals surface area contributed by atoms with Crippen LogP contribution in [0.15, 0.2) is 22.7 Å². The SMILES string of the molecule is CN(C)CC1CCCN1C(=O)c1ccc(Br)c(Cl)c1. The van der Waals surface area contributed by atoms with Gasteiger partial charge in [0.15, 0.2) is 0 Å². The van der Waals surface area contributed by atoms with Gasteiger partial charge in [0.25, 0.3) is 5.91 Å². The molecule has 0 aliphatic carbocycles. The molecule has 1 atom stereocenters. The molecule has 0 saturated carbocycles. The zero-order valence-electron chi connectivity index (χ0n) is 11.2. The number of hydrogen-bond acceptors (Lipinski definition) is 2. The van der Waals surface area contributed by atoms with Crippen LogP contribution in [0.2, 0.25) is 5.02 Å². The normalized spacial score (nSPS) is 19.2. The number of carbonyl (C=O) groups is 1. The number of benzene rings is 1. The number of likely N-dealkylation sites (N-methyl/N-ethyl adjacent to an activating group) is 1. The van der Waals surface area contributed by atoms with Gasteiger partial charge >= 0.3 is 0 Å². The molecule has 0 N–H and O–H groups in total. The van der Waals surface area contributed by atoms with Gasteiger partial charge in [0.1, 0.15) is 0 Å². The van der Waals surface area contributed by atoms with E-state index in [0.717, 1.165) is 30.4 Å². The Bertz CT molecular complexity index is 479. The minimum Gasteiger partial charge on any atom is -0.334 e. The lowest BCUT2D eigenvalue weighted by atomic mass is 10.1. The quantitative estimate of drug-likeness (QED) is 0.839. The molecule has 1 unspecified atom stereocenters. The van der Waals surface area contributed by atoms with Gasteiger partial charge in [0, 0.05) is 29.2 Å². The molecular weight excluding hydrogens is 328 g/mol. The van der Waals surface area contributed by atoms with E-state index in [1.165, 1.54) is 0 Å². The van der Waals surface area contributed by atoms with Gasteiger partial charge in [0.2, 0.25) is 0 Å². The van der Waals surface area contributed by atoms with E-state index < -0.39 is 0 Å². The summed E-state index contributed by atoms with van der Waals surface area (Å²) < 4.78 is 0.817. The van der Waals surface area contributed by atoms with Crippen molar-refractivity contribution < 1.29 is 4.79 Å². The Labute approximate surface area is 127 Å². The van der Waals surface area contributed by atoms with Gasteiger partial charge in [-0.2, -0.15) is 0 Å². The molecule has 1 saturated heterocycles. The minimum absolute atomic E-state index is 0.0822. The average molecular weight is 346 g/mol. The Balaban J connectivity index is 2.16. The van der Waals surface area contributed by atoms with E-state index in [2.05, 4.69) is 20.8 Å². The predicted octanol–water partition coefficient (Wildman–Crippen LogP) is 3.27. The fourth-order valence-corrected chi connectivity index (χ4v) is 2.94. The first-order chi connectivity index (χ1) is 8.99. The van der Waals surface area contributed by atoms with E-state index in [1.807, 2.05) is 31.1 Å². The van der Waals surface area contributed by atoms with Crippen molar-refractivity contribution in [1.82, 2.24) is 9.80 Å². The third kappa shape index (κ3) is 3.50. The Kier molecular flexibility index (Phi) is 4.87. The number of likely N-dealkylation sites (tertiary alicyclic amines) is 1. The molecule has 1 heterocycles. The average Bonchev–Trinajstić information content (AvgIpc) is 2.79. The summed E-state index contributed by atoms with van der Waals surface area (Å²) in [5.41, 5.74) is 0.666. The second-order valence-corrected chi connectivity index (χ2v) is 6.45. The lowest BCUT2D eigenvalue weighted by molar-refractivity contribution is 0.0716. The summed E-state index contributed by atoms with van der Waals surface area (Å²) in [5.74, 6) is 0.0822. The summed E-state index contributed by atoms with van der Waals surface area (Å²) in [4.78, 5) is 16.6. The molecule has 0 radical (unpaired) electrons. The van der Waals surface area contributed by atoms with Crippen LogP contribution in [0.1, 0.15) is 23.2 Å². The van der Waals surface area contributed by atoms with Crippen LogP contribution in [-0.2, 0) is 0 Å². The third-order valence-electron chi connectivity index (χ3n) is 3.38. The Morgan fingerprint density at radius 2 is 2.26 bits per heavy atom. The molecule has 3 nitrogen and oxygen atoms in total. The van der Waals surface area contributed by atoms with Crippen LogP contribution < -0.4 is 0 Å². The molecule has 1 aromatic rings. The van der Waals surface area contributed by atoms with Crippen molar-refractivity contribution in [1.29, 1.82) is 0 Å². The molecule has 1 aliphatic heterocycles. The van der Waals surface area contributed by atoms with E-state index in [4.69, 9.17) is 11.6 Å². The van der Waals surface area contributed by atoms with E-state index >= 15 is 0 Å². The van der Waals surface area contributed by atoms with Crippen LogP contribution >= 0.6 is 27.5 Å². The number of carbonyl (C=O) groups excluding carboxylic acids is 1.